The van der Waals surface area contributed by atoms with E-state index in [2.05, 4.69) is 20.6 Å². The summed E-state index contributed by atoms with van der Waals surface area (Å²) in [4.78, 5) is 35.8. The summed E-state index contributed by atoms with van der Waals surface area (Å²) >= 11 is 6.35. The van der Waals surface area contributed by atoms with Gasteiger partial charge in [-0.3, -0.25) is 9.59 Å². The number of nitrogens with one attached hydrogen (secondary N) is 2. The Morgan fingerprint density at radius 3 is 2.82 bits per heavy atom. The molecule has 0 unspecified atom stereocenters. The molecule has 0 fully saturated rings. The van der Waals surface area contributed by atoms with Crippen molar-refractivity contribution >= 4 is 29.4 Å². The molecule has 1 aliphatic rings. The van der Waals surface area contributed by atoms with Crippen molar-refractivity contribution in [2.75, 3.05) is 19.0 Å². The molecule has 0 aliphatic carbocycles. The molecule has 9 heteroatoms. The third kappa shape index (κ3) is 5.28. The molecule has 0 bridgehead atoms. The molecule has 1 aromatic heterocycles. The zero-order chi connectivity index (χ0) is 24.2. The molecule has 0 atom stereocenters. The van der Waals surface area contributed by atoms with Gasteiger partial charge in [-0.25, -0.2) is 9.97 Å². The number of halogens is 1. The van der Waals surface area contributed by atoms with E-state index in [-0.39, 0.29) is 24.4 Å². The number of hydrogen-bond acceptors (Lipinski definition) is 6. The largest absolute Gasteiger partial charge is 0.497 e. The highest BCUT2D eigenvalue weighted by Crippen LogP contribution is 2.31. The van der Waals surface area contributed by atoms with Crippen LogP contribution in [0.1, 0.15) is 35.3 Å². The third-order valence-electron chi connectivity index (χ3n) is 5.38. The molecule has 2 heterocycles. The highest BCUT2D eigenvalue weighted by atomic mass is 35.5. The lowest BCUT2D eigenvalue weighted by Gasteiger charge is -2.15. The van der Waals surface area contributed by atoms with Crippen molar-refractivity contribution in [3.8, 4) is 17.0 Å². The Morgan fingerprint density at radius 2 is 2.06 bits per heavy atom. The predicted molar refractivity (Wildman–Crippen MR) is 131 cm³/mol. The first-order valence-electron chi connectivity index (χ1n) is 11.0. The van der Waals surface area contributed by atoms with E-state index >= 15 is 0 Å². The molecule has 0 spiro atoms. The molecule has 8 nitrogen and oxygen atoms in total. The second-order valence-electron chi connectivity index (χ2n) is 8.35. The first-order valence-corrected chi connectivity index (χ1v) is 11.3. The quantitative estimate of drug-likeness (QED) is 0.508. The average Bonchev–Trinajstić information content (AvgIpc) is 3.13. The van der Waals surface area contributed by atoms with Gasteiger partial charge in [-0.2, -0.15) is 0 Å². The predicted octanol–water partition coefficient (Wildman–Crippen LogP) is 3.90. The fraction of sp³-hybridized carbons (Fsp3) is 0.280. The van der Waals surface area contributed by atoms with Gasteiger partial charge in [0.1, 0.15) is 12.3 Å². The van der Waals surface area contributed by atoms with E-state index in [1.165, 1.54) is 4.90 Å². The number of anilines is 1. The van der Waals surface area contributed by atoms with E-state index in [0.29, 0.717) is 35.3 Å². The summed E-state index contributed by atoms with van der Waals surface area (Å²) in [7, 11) is 1.60. The zero-order valence-corrected chi connectivity index (χ0v) is 20.0. The van der Waals surface area contributed by atoms with Crippen LogP contribution >= 0.6 is 11.6 Å². The molecule has 0 radical (unpaired) electrons. The number of rotatable bonds is 8. The number of carbonyl (C=O) groups is 2. The molecule has 4 rings (SSSR count). The molecule has 2 N–H and O–H groups in total. The van der Waals surface area contributed by atoms with Gasteiger partial charge in [-0.1, -0.05) is 35.9 Å². The topological polar surface area (TPSA) is 96.4 Å². The molecule has 2 aromatic carbocycles. The molecular formula is C25H26ClN5O3. The minimum Gasteiger partial charge on any atom is -0.497 e. The van der Waals surface area contributed by atoms with E-state index < -0.39 is 0 Å². The molecule has 3 aromatic rings. The molecule has 176 valence electrons. The Bertz CT molecular complexity index is 1230. The van der Waals surface area contributed by atoms with Gasteiger partial charge in [0.15, 0.2) is 0 Å². The maximum Gasteiger partial charge on any atom is 0.254 e. The van der Waals surface area contributed by atoms with Crippen LogP contribution in [0.25, 0.3) is 11.3 Å². The Kier molecular flexibility index (Phi) is 6.98. The van der Waals surface area contributed by atoms with E-state index in [1.54, 1.807) is 19.4 Å². The van der Waals surface area contributed by atoms with E-state index in [4.69, 9.17) is 16.3 Å². The average molecular weight is 480 g/mol. The molecule has 34 heavy (non-hydrogen) atoms. The number of aromatic nitrogens is 2. The summed E-state index contributed by atoms with van der Waals surface area (Å²) in [5, 5.41) is 6.41. The third-order valence-corrected chi connectivity index (χ3v) is 5.66. The van der Waals surface area contributed by atoms with Gasteiger partial charge in [-0.05, 0) is 43.2 Å². The fourth-order valence-corrected chi connectivity index (χ4v) is 3.95. The molecule has 0 saturated carbocycles. The van der Waals surface area contributed by atoms with Crippen molar-refractivity contribution in [1.82, 2.24) is 20.2 Å². The summed E-state index contributed by atoms with van der Waals surface area (Å²) in [6, 6.07) is 13.2. The minimum atomic E-state index is -0.229. The number of amides is 2. The smallest absolute Gasteiger partial charge is 0.254 e. The summed E-state index contributed by atoms with van der Waals surface area (Å²) in [5.41, 5.74) is 3.59. The van der Waals surface area contributed by atoms with Gasteiger partial charge in [0.2, 0.25) is 11.9 Å². The maximum atomic E-state index is 13.0. The van der Waals surface area contributed by atoms with Gasteiger partial charge >= 0.3 is 0 Å². The van der Waals surface area contributed by atoms with Crippen LogP contribution in [0.5, 0.6) is 5.75 Å². The highest BCUT2D eigenvalue weighted by Gasteiger charge is 2.29. The van der Waals surface area contributed by atoms with Crippen LogP contribution < -0.4 is 15.4 Å². The van der Waals surface area contributed by atoms with Gasteiger partial charge in [0.05, 0.1) is 24.0 Å². The number of hydrogen-bond donors (Lipinski definition) is 2. The van der Waals surface area contributed by atoms with Gasteiger partial charge in [0, 0.05) is 30.3 Å². The van der Waals surface area contributed by atoms with Crippen molar-refractivity contribution in [3.05, 3.63) is 70.4 Å². The van der Waals surface area contributed by atoms with Gasteiger partial charge in [0.25, 0.3) is 5.91 Å². The number of carbonyl (C=O) groups excluding carboxylic acids is 2. The van der Waals surface area contributed by atoms with E-state index in [1.807, 2.05) is 50.2 Å². The first-order chi connectivity index (χ1) is 16.3. The van der Waals surface area contributed by atoms with Gasteiger partial charge < -0.3 is 20.3 Å². The van der Waals surface area contributed by atoms with Gasteiger partial charge in [-0.15, -0.1) is 0 Å². The van der Waals surface area contributed by atoms with Crippen LogP contribution in [-0.2, 0) is 17.9 Å². The molecule has 1 aliphatic heterocycles. The Balaban J connectivity index is 1.44. The van der Waals surface area contributed by atoms with Crippen molar-refractivity contribution in [3.63, 3.8) is 0 Å². The second-order valence-corrected chi connectivity index (χ2v) is 8.76. The van der Waals surface area contributed by atoms with E-state index in [9.17, 15) is 9.59 Å². The normalized spacial score (nSPS) is 12.6. The summed E-state index contributed by atoms with van der Waals surface area (Å²) in [5.74, 6) is 0.769. The summed E-state index contributed by atoms with van der Waals surface area (Å²) in [6.45, 7) is 4.69. The number of ether oxygens (including phenoxy) is 1. The standard InChI is InChI=1S/C25H26ClN5O3/c1-15(2)29-25-28-12-21(26)23(30-25)17-7-8-18-13-31(24(33)20(18)10-17)14-22(32)27-11-16-5-4-6-19(9-16)34-3/h4-10,12,15H,11,13-14H2,1-3H3,(H,27,32)(H,28,29,30). The summed E-state index contributed by atoms with van der Waals surface area (Å²) < 4.78 is 5.21. The Labute approximate surface area is 203 Å². The molecule has 0 saturated heterocycles. The van der Waals surface area contributed by atoms with Crippen molar-refractivity contribution in [2.24, 2.45) is 0 Å². The van der Waals surface area contributed by atoms with Crippen LogP contribution in [0.3, 0.4) is 0 Å². The van der Waals surface area contributed by atoms with Crippen LogP contribution in [0.2, 0.25) is 5.02 Å². The van der Waals surface area contributed by atoms with Crippen LogP contribution in [0.4, 0.5) is 5.95 Å². The number of fused-ring (bicyclic) bond motifs is 1. The molecule has 2 amide bonds. The van der Waals surface area contributed by atoms with Crippen molar-refractivity contribution in [2.45, 2.75) is 33.0 Å². The SMILES string of the molecule is COc1cccc(CNC(=O)CN2Cc3ccc(-c4nc(NC(C)C)ncc4Cl)cc3C2=O)c1. The van der Waals surface area contributed by atoms with Crippen LogP contribution in [0.15, 0.2) is 48.7 Å². The van der Waals surface area contributed by atoms with Crippen molar-refractivity contribution in [1.29, 1.82) is 0 Å². The lowest BCUT2D eigenvalue weighted by molar-refractivity contribution is -0.122. The number of nitrogens with zero attached hydrogens (tertiary/aromatic N) is 3. The Morgan fingerprint density at radius 1 is 1.24 bits per heavy atom. The lowest BCUT2D eigenvalue weighted by Crippen LogP contribution is -2.37. The monoisotopic (exact) mass is 479 g/mol. The minimum absolute atomic E-state index is 0.0243. The maximum absolute atomic E-state index is 13.0. The lowest BCUT2D eigenvalue weighted by atomic mass is 10.0. The Hall–Kier alpha value is -3.65. The van der Waals surface area contributed by atoms with E-state index in [0.717, 1.165) is 22.4 Å². The fourth-order valence-electron chi connectivity index (χ4n) is 3.75. The van der Waals surface area contributed by atoms with Crippen LogP contribution in [-0.4, -0.2) is 46.4 Å². The van der Waals surface area contributed by atoms with Crippen LogP contribution in [0, 0.1) is 0 Å². The number of methoxy groups -OCH3 is 1. The highest BCUT2D eigenvalue weighted by molar-refractivity contribution is 6.33. The second kappa shape index (κ2) is 10.1. The summed E-state index contributed by atoms with van der Waals surface area (Å²) in [6.07, 6.45) is 1.54. The zero-order valence-electron chi connectivity index (χ0n) is 19.3. The number of benzene rings is 2. The molecular weight excluding hydrogens is 454 g/mol. The first kappa shape index (κ1) is 23.5. The van der Waals surface area contributed by atoms with Crippen molar-refractivity contribution < 1.29 is 14.3 Å².